The van der Waals surface area contributed by atoms with Crippen LogP contribution in [0.15, 0.2) is 23.6 Å². The van der Waals surface area contributed by atoms with Crippen molar-refractivity contribution in [3.63, 3.8) is 0 Å². The lowest BCUT2D eigenvalue weighted by molar-refractivity contribution is 0.237. The van der Waals surface area contributed by atoms with E-state index in [1.165, 1.54) is 0 Å². The number of aromatic nitrogens is 1. The van der Waals surface area contributed by atoms with Gasteiger partial charge in [0.05, 0.1) is 18.3 Å². The fourth-order valence-electron chi connectivity index (χ4n) is 2.07. The molecule has 0 aliphatic heterocycles. The van der Waals surface area contributed by atoms with E-state index >= 15 is 0 Å². The van der Waals surface area contributed by atoms with Gasteiger partial charge in [0.25, 0.3) is 0 Å². The van der Waals surface area contributed by atoms with E-state index in [2.05, 4.69) is 36.4 Å². The van der Waals surface area contributed by atoms with Gasteiger partial charge in [-0.05, 0) is 24.6 Å². The van der Waals surface area contributed by atoms with Gasteiger partial charge in [0.15, 0.2) is 0 Å². The largest absolute Gasteiger partial charge is 0.332 e. The zero-order chi connectivity index (χ0) is 17.9. The summed E-state index contributed by atoms with van der Waals surface area (Å²) in [6, 6.07) is 4.74. The molecule has 2 amide bonds. The zero-order valence-corrected chi connectivity index (χ0v) is 16.4. The lowest BCUT2D eigenvalue weighted by Crippen LogP contribution is -2.36. The summed E-state index contributed by atoms with van der Waals surface area (Å²) in [6.07, 6.45) is 0. The second-order valence-corrected chi connectivity index (χ2v) is 8.38. The Bertz CT molecular complexity index is 725. The molecule has 0 fully saturated rings. The number of carbonyl (C=O) groups excluding carboxylic acids is 1. The maximum absolute atomic E-state index is 12.1. The first-order valence-electron chi connectivity index (χ1n) is 7.61. The number of benzene rings is 1. The second kappa shape index (κ2) is 7.72. The molecule has 0 radical (unpaired) electrons. The highest BCUT2D eigenvalue weighted by molar-refractivity contribution is 7.09. The number of thiazole rings is 1. The van der Waals surface area contributed by atoms with Crippen LogP contribution in [-0.4, -0.2) is 11.0 Å². The smallest absolute Gasteiger partial charge is 0.315 e. The third-order valence-corrected chi connectivity index (χ3v) is 4.91. The topological polar surface area (TPSA) is 54.0 Å². The number of nitrogens with zero attached hydrogens (tertiary/aromatic N) is 1. The van der Waals surface area contributed by atoms with Crippen LogP contribution in [0.4, 0.5) is 4.79 Å². The van der Waals surface area contributed by atoms with E-state index in [-0.39, 0.29) is 17.5 Å². The van der Waals surface area contributed by atoms with E-state index < -0.39 is 0 Å². The maximum atomic E-state index is 12.1. The van der Waals surface area contributed by atoms with Crippen LogP contribution in [0.25, 0.3) is 0 Å². The molecule has 1 heterocycles. The second-order valence-electron chi connectivity index (χ2n) is 6.59. The quantitative estimate of drug-likeness (QED) is 0.748. The molecule has 0 saturated heterocycles. The molecular weight excluding hydrogens is 365 g/mol. The summed E-state index contributed by atoms with van der Waals surface area (Å²) < 4.78 is 0. The van der Waals surface area contributed by atoms with Crippen LogP contribution in [-0.2, 0) is 12.0 Å². The average molecular weight is 386 g/mol. The summed E-state index contributed by atoms with van der Waals surface area (Å²) in [5, 5.41) is 9.70. The molecule has 2 aromatic rings. The summed E-state index contributed by atoms with van der Waals surface area (Å²) in [6.45, 7) is 8.61. The number of carbonyl (C=O) groups is 1. The summed E-state index contributed by atoms with van der Waals surface area (Å²) in [5.74, 6) is 0. The fourth-order valence-corrected chi connectivity index (χ4v) is 3.60. The van der Waals surface area contributed by atoms with Gasteiger partial charge in [-0.3, -0.25) is 0 Å². The lowest BCUT2D eigenvalue weighted by atomic mass is 9.93. The molecule has 1 aromatic carbocycles. The van der Waals surface area contributed by atoms with Crippen molar-refractivity contribution in [3.05, 3.63) is 49.9 Å². The van der Waals surface area contributed by atoms with Gasteiger partial charge in [-0.25, -0.2) is 9.78 Å². The van der Waals surface area contributed by atoms with Gasteiger partial charge in [-0.1, -0.05) is 50.0 Å². The highest BCUT2D eigenvalue weighted by Crippen LogP contribution is 2.26. The zero-order valence-electron chi connectivity index (χ0n) is 14.1. The van der Waals surface area contributed by atoms with Gasteiger partial charge in [0, 0.05) is 20.8 Å². The summed E-state index contributed by atoms with van der Waals surface area (Å²) in [7, 11) is 0. The molecule has 130 valence electrons. The Morgan fingerprint density at radius 3 is 2.62 bits per heavy atom. The van der Waals surface area contributed by atoms with Crippen LogP contribution in [0.5, 0.6) is 0 Å². The Balaban J connectivity index is 1.90. The van der Waals surface area contributed by atoms with Gasteiger partial charge in [0.2, 0.25) is 0 Å². The molecule has 1 unspecified atom stereocenters. The number of hydrogen-bond acceptors (Lipinski definition) is 3. The SMILES string of the molecule is CC(NC(=O)NCc1nc(C(C)(C)C)cs1)c1ccc(Cl)cc1Cl. The van der Waals surface area contributed by atoms with E-state index in [0.717, 1.165) is 16.3 Å². The Hall–Kier alpha value is -1.30. The van der Waals surface area contributed by atoms with Crippen LogP contribution < -0.4 is 10.6 Å². The first kappa shape index (κ1) is 19.0. The van der Waals surface area contributed by atoms with E-state index in [0.29, 0.717) is 16.6 Å². The minimum absolute atomic E-state index is 0.0108. The number of nitrogens with one attached hydrogen (secondary N) is 2. The maximum Gasteiger partial charge on any atom is 0.315 e. The Labute approximate surface area is 156 Å². The third kappa shape index (κ3) is 5.10. The van der Waals surface area contributed by atoms with Crippen LogP contribution in [0.1, 0.15) is 50.0 Å². The molecule has 0 bridgehead atoms. The van der Waals surface area contributed by atoms with Gasteiger partial charge in [0.1, 0.15) is 5.01 Å². The third-order valence-electron chi connectivity index (χ3n) is 3.50. The number of halogens is 2. The van der Waals surface area contributed by atoms with Crippen molar-refractivity contribution in [3.8, 4) is 0 Å². The van der Waals surface area contributed by atoms with Crippen molar-refractivity contribution in [2.24, 2.45) is 0 Å². The van der Waals surface area contributed by atoms with Crippen molar-refractivity contribution < 1.29 is 4.79 Å². The molecule has 0 aliphatic carbocycles. The molecule has 2 rings (SSSR count). The molecule has 0 spiro atoms. The first-order chi connectivity index (χ1) is 11.2. The van der Waals surface area contributed by atoms with E-state index in [1.54, 1.807) is 23.5 Å². The highest BCUT2D eigenvalue weighted by Gasteiger charge is 2.18. The standard InChI is InChI=1S/C17H21Cl2N3OS/c1-10(12-6-5-11(18)7-13(12)19)21-16(23)20-8-15-22-14(9-24-15)17(2,3)4/h5-7,9-10H,8H2,1-4H3,(H2,20,21,23). The van der Waals surface area contributed by atoms with Gasteiger partial charge in [-0.2, -0.15) is 0 Å². The van der Waals surface area contributed by atoms with E-state index in [1.807, 2.05) is 18.4 Å². The summed E-state index contributed by atoms with van der Waals surface area (Å²) >= 11 is 13.6. The molecule has 4 nitrogen and oxygen atoms in total. The van der Waals surface area contributed by atoms with Crippen LogP contribution in [0.3, 0.4) is 0 Å². The first-order valence-corrected chi connectivity index (χ1v) is 9.24. The van der Waals surface area contributed by atoms with Crippen LogP contribution in [0, 0.1) is 0 Å². The normalized spacial score (nSPS) is 12.8. The number of hydrogen-bond donors (Lipinski definition) is 2. The Morgan fingerprint density at radius 1 is 1.33 bits per heavy atom. The van der Waals surface area contributed by atoms with Crippen molar-refractivity contribution in [2.75, 3.05) is 0 Å². The molecule has 1 atom stereocenters. The van der Waals surface area contributed by atoms with Crippen LogP contribution in [0.2, 0.25) is 10.0 Å². The van der Waals surface area contributed by atoms with Gasteiger partial charge in [-0.15, -0.1) is 11.3 Å². The number of rotatable bonds is 4. The predicted molar refractivity (Wildman–Crippen MR) is 101 cm³/mol. The molecule has 0 aliphatic rings. The molecule has 1 aromatic heterocycles. The van der Waals surface area contributed by atoms with Gasteiger partial charge >= 0.3 is 6.03 Å². The average Bonchev–Trinajstić information content (AvgIpc) is 2.93. The summed E-state index contributed by atoms with van der Waals surface area (Å²) in [5.41, 5.74) is 1.86. The minimum Gasteiger partial charge on any atom is -0.332 e. The van der Waals surface area contributed by atoms with E-state index in [4.69, 9.17) is 23.2 Å². The minimum atomic E-state index is -0.263. The van der Waals surface area contributed by atoms with Crippen molar-refractivity contribution in [2.45, 2.75) is 45.7 Å². The van der Waals surface area contributed by atoms with Gasteiger partial charge < -0.3 is 10.6 Å². The van der Waals surface area contributed by atoms with Crippen molar-refractivity contribution >= 4 is 40.6 Å². The molecular formula is C17H21Cl2N3OS. The van der Waals surface area contributed by atoms with Crippen LogP contribution >= 0.6 is 34.5 Å². The monoisotopic (exact) mass is 385 g/mol. The number of amides is 2. The molecule has 7 heteroatoms. The number of urea groups is 1. The Morgan fingerprint density at radius 2 is 2.04 bits per heavy atom. The molecule has 24 heavy (non-hydrogen) atoms. The molecule has 2 N–H and O–H groups in total. The highest BCUT2D eigenvalue weighted by atomic mass is 35.5. The predicted octanol–water partition coefficient (Wildman–Crippen LogP) is 5.31. The van der Waals surface area contributed by atoms with E-state index in [9.17, 15) is 4.79 Å². The lowest BCUT2D eigenvalue weighted by Gasteiger charge is -2.16. The van der Waals surface area contributed by atoms with Crippen molar-refractivity contribution in [1.82, 2.24) is 15.6 Å². The van der Waals surface area contributed by atoms with Crippen molar-refractivity contribution in [1.29, 1.82) is 0 Å². The summed E-state index contributed by atoms with van der Waals surface area (Å²) in [4.78, 5) is 16.6. The molecule has 0 saturated carbocycles. The Kier molecular flexibility index (Phi) is 6.12. The fraction of sp³-hybridized carbons (Fsp3) is 0.412.